The third-order valence-electron chi connectivity index (χ3n) is 2.79. The molecule has 0 amide bonds. The Hall–Kier alpha value is -2.22. The summed E-state index contributed by atoms with van der Waals surface area (Å²) in [5, 5.41) is 19.5. The van der Waals surface area contributed by atoms with Crippen LogP contribution in [0.5, 0.6) is 0 Å². The molecule has 2 aromatic heterocycles. The van der Waals surface area contributed by atoms with Gasteiger partial charge in [0.1, 0.15) is 0 Å². The highest BCUT2D eigenvalue weighted by atomic mass is 16.3. The number of aromatic nitrogens is 5. The van der Waals surface area contributed by atoms with Crippen LogP contribution in [-0.2, 0) is 0 Å². The zero-order chi connectivity index (χ0) is 15.1. The normalized spacial score (nSPS) is 12.1. The molecule has 1 unspecified atom stereocenters. The standard InChI is InChI=1S/C13H21N7O/c1-3-5-14-11-17-12(15-8-10(2)9-21)19-13(18-11)20-7-4-6-16-20/h4,6-7,10,21H,3,5,8-9H2,1-2H3,(H2,14,15,17,18,19). The molecular formula is C13H21N7O. The second kappa shape index (κ2) is 7.53. The molecule has 2 heterocycles. The van der Waals surface area contributed by atoms with Crippen LogP contribution in [0.15, 0.2) is 18.5 Å². The van der Waals surface area contributed by atoms with E-state index < -0.39 is 0 Å². The third kappa shape index (κ3) is 4.38. The Morgan fingerprint density at radius 2 is 2.00 bits per heavy atom. The van der Waals surface area contributed by atoms with Gasteiger partial charge < -0.3 is 15.7 Å². The minimum Gasteiger partial charge on any atom is -0.396 e. The molecule has 21 heavy (non-hydrogen) atoms. The van der Waals surface area contributed by atoms with Crippen molar-refractivity contribution in [2.45, 2.75) is 20.3 Å². The SMILES string of the molecule is CCCNc1nc(NCC(C)CO)nc(-n2cccn2)n1. The number of nitrogens with one attached hydrogen (secondary N) is 2. The lowest BCUT2D eigenvalue weighted by Crippen LogP contribution is -2.18. The van der Waals surface area contributed by atoms with E-state index in [9.17, 15) is 0 Å². The van der Waals surface area contributed by atoms with Gasteiger partial charge in [0.05, 0.1) is 0 Å². The topological polar surface area (TPSA) is 101 Å². The molecule has 0 aromatic carbocycles. The predicted octanol–water partition coefficient (Wildman–Crippen LogP) is 0.919. The molecule has 0 radical (unpaired) electrons. The van der Waals surface area contributed by atoms with Crippen molar-refractivity contribution < 1.29 is 5.11 Å². The van der Waals surface area contributed by atoms with Gasteiger partial charge >= 0.3 is 0 Å². The van der Waals surface area contributed by atoms with Gasteiger partial charge in [0.15, 0.2) is 0 Å². The average molecular weight is 291 g/mol. The van der Waals surface area contributed by atoms with Crippen molar-refractivity contribution in [1.82, 2.24) is 24.7 Å². The van der Waals surface area contributed by atoms with Crippen LogP contribution in [0.3, 0.4) is 0 Å². The molecule has 0 aliphatic carbocycles. The zero-order valence-corrected chi connectivity index (χ0v) is 12.3. The van der Waals surface area contributed by atoms with Crippen LogP contribution in [0.4, 0.5) is 11.9 Å². The van der Waals surface area contributed by atoms with E-state index in [-0.39, 0.29) is 12.5 Å². The van der Waals surface area contributed by atoms with Gasteiger partial charge in [0, 0.05) is 32.1 Å². The van der Waals surface area contributed by atoms with Crippen LogP contribution in [-0.4, -0.2) is 49.5 Å². The maximum absolute atomic E-state index is 9.07. The van der Waals surface area contributed by atoms with Crippen LogP contribution >= 0.6 is 0 Å². The number of anilines is 2. The fraction of sp³-hybridized carbons (Fsp3) is 0.538. The van der Waals surface area contributed by atoms with E-state index >= 15 is 0 Å². The van der Waals surface area contributed by atoms with Crippen molar-refractivity contribution in [2.75, 3.05) is 30.3 Å². The number of aliphatic hydroxyl groups is 1. The van der Waals surface area contributed by atoms with Gasteiger partial charge in [-0.2, -0.15) is 20.1 Å². The summed E-state index contributed by atoms with van der Waals surface area (Å²) >= 11 is 0. The second-order valence-electron chi connectivity index (χ2n) is 4.83. The van der Waals surface area contributed by atoms with Crippen molar-refractivity contribution in [3.05, 3.63) is 18.5 Å². The molecule has 0 spiro atoms. The lowest BCUT2D eigenvalue weighted by atomic mass is 10.2. The monoisotopic (exact) mass is 291 g/mol. The van der Waals surface area contributed by atoms with E-state index in [1.165, 1.54) is 0 Å². The van der Waals surface area contributed by atoms with Crippen LogP contribution in [0.25, 0.3) is 5.95 Å². The van der Waals surface area contributed by atoms with Gasteiger partial charge in [0.25, 0.3) is 5.95 Å². The van der Waals surface area contributed by atoms with Crippen LogP contribution in [0.1, 0.15) is 20.3 Å². The molecule has 0 aliphatic heterocycles. The zero-order valence-electron chi connectivity index (χ0n) is 12.3. The first kappa shape index (κ1) is 15.2. The van der Waals surface area contributed by atoms with Gasteiger partial charge in [-0.25, -0.2) is 4.68 Å². The van der Waals surface area contributed by atoms with Crippen LogP contribution in [0, 0.1) is 5.92 Å². The van der Waals surface area contributed by atoms with Gasteiger partial charge in [-0.05, 0) is 18.4 Å². The highest BCUT2D eigenvalue weighted by molar-refractivity contribution is 5.37. The second-order valence-corrected chi connectivity index (χ2v) is 4.83. The minimum absolute atomic E-state index is 0.116. The Balaban J connectivity index is 2.20. The maximum atomic E-state index is 9.07. The highest BCUT2D eigenvalue weighted by Crippen LogP contribution is 2.09. The fourth-order valence-corrected chi connectivity index (χ4v) is 1.58. The summed E-state index contributed by atoms with van der Waals surface area (Å²) in [6, 6.07) is 1.81. The number of nitrogens with zero attached hydrogens (tertiary/aromatic N) is 5. The van der Waals surface area contributed by atoms with Gasteiger partial charge in [-0.1, -0.05) is 13.8 Å². The first-order chi connectivity index (χ1) is 10.2. The van der Waals surface area contributed by atoms with Crippen molar-refractivity contribution in [2.24, 2.45) is 5.92 Å². The first-order valence-electron chi connectivity index (χ1n) is 7.07. The molecule has 0 aliphatic rings. The van der Waals surface area contributed by atoms with Gasteiger partial charge in [-0.15, -0.1) is 0 Å². The molecule has 0 fully saturated rings. The van der Waals surface area contributed by atoms with Gasteiger partial charge in [0.2, 0.25) is 11.9 Å². The molecule has 8 heteroatoms. The summed E-state index contributed by atoms with van der Waals surface area (Å²) in [4.78, 5) is 13.0. The van der Waals surface area contributed by atoms with E-state index in [2.05, 4.69) is 37.6 Å². The van der Waals surface area contributed by atoms with E-state index in [4.69, 9.17) is 5.11 Å². The summed E-state index contributed by atoms with van der Waals surface area (Å²) in [7, 11) is 0. The lowest BCUT2D eigenvalue weighted by Gasteiger charge is -2.12. The average Bonchev–Trinajstić information content (AvgIpc) is 3.04. The molecule has 2 rings (SSSR count). The highest BCUT2D eigenvalue weighted by Gasteiger charge is 2.09. The Morgan fingerprint density at radius 1 is 1.24 bits per heavy atom. The van der Waals surface area contributed by atoms with Crippen molar-refractivity contribution in [3.63, 3.8) is 0 Å². The van der Waals surface area contributed by atoms with Crippen molar-refractivity contribution in [1.29, 1.82) is 0 Å². The molecule has 0 saturated carbocycles. The van der Waals surface area contributed by atoms with E-state index in [1.54, 1.807) is 17.1 Å². The van der Waals surface area contributed by atoms with Gasteiger partial charge in [-0.3, -0.25) is 0 Å². The van der Waals surface area contributed by atoms with E-state index in [1.807, 2.05) is 13.0 Å². The number of hydrogen-bond acceptors (Lipinski definition) is 7. The van der Waals surface area contributed by atoms with Crippen molar-refractivity contribution in [3.8, 4) is 5.95 Å². The number of aliphatic hydroxyl groups excluding tert-OH is 1. The Kier molecular flexibility index (Phi) is 5.44. The fourth-order valence-electron chi connectivity index (χ4n) is 1.58. The molecule has 3 N–H and O–H groups in total. The molecule has 114 valence electrons. The molecule has 2 aromatic rings. The molecule has 0 saturated heterocycles. The summed E-state index contributed by atoms with van der Waals surface area (Å²) in [5.74, 6) is 1.56. The number of rotatable bonds is 8. The Morgan fingerprint density at radius 3 is 2.62 bits per heavy atom. The summed E-state index contributed by atoms with van der Waals surface area (Å²) < 4.78 is 1.58. The summed E-state index contributed by atoms with van der Waals surface area (Å²) in [6.07, 6.45) is 4.43. The van der Waals surface area contributed by atoms with Crippen LogP contribution < -0.4 is 10.6 Å². The molecular weight excluding hydrogens is 270 g/mol. The Labute approximate surface area is 123 Å². The predicted molar refractivity (Wildman–Crippen MR) is 80.5 cm³/mol. The number of hydrogen-bond donors (Lipinski definition) is 3. The minimum atomic E-state index is 0.116. The summed E-state index contributed by atoms with van der Waals surface area (Å²) in [6.45, 7) is 5.51. The molecule has 1 atom stereocenters. The molecule has 0 bridgehead atoms. The smallest absolute Gasteiger partial charge is 0.257 e. The lowest BCUT2D eigenvalue weighted by molar-refractivity contribution is 0.244. The van der Waals surface area contributed by atoms with Crippen LogP contribution in [0.2, 0.25) is 0 Å². The van der Waals surface area contributed by atoms with Crippen molar-refractivity contribution >= 4 is 11.9 Å². The third-order valence-corrected chi connectivity index (χ3v) is 2.79. The summed E-state index contributed by atoms with van der Waals surface area (Å²) in [5.41, 5.74) is 0. The van der Waals surface area contributed by atoms with E-state index in [0.717, 1.165) is 13.0 Å². The first-order valence-corrected chi connectivity index (χ1v) is 7.07. The quantitative estimate of drug-likeness (QED) is 0.664. The van der Waals surface area contributed by atoms with E-state index in [0.29, 0.717) is 24.4 Å². The molecule has 8 nitrogen and oxygen atoms in total. The largest absolute Gasteiger partial charge is 0.396 e. The Bertz CT molecular complexity index is 543. The maximum Gasteiger partial charge on any atom is 0.257 e.